The van der Waals surface area contributed by atoms with Gasteiger partial charge in [0.25, 0.3) is 0 Å². The molecule has 1 fully saturated rings. The molecular formula is C12H27N3. The van der Waals surface area contributed by atoms with Crippen LogP contribution in [0.3, 0.4) is 0 Å². The zero-order chi connectivity index (χ0) is 11.1. The van der Waals surface area contributed by atoms with Gasteiger partial charge < -0.3 is 10.2 Å². The molecule has 1 saturated heterocycles. The number of nitrogens with one attached hydrogen (secondary N) is 1. The molecule has 15 heavy (non-hydrogen) atoms. The maximum absolute atomic E-state index is 3.48. The second-order valence-corrected chi connectivity index (χ2v) is 4.80. The van der Waals surface area contributed by atoms with Crippen molar-refractivity contribution in [1.29, 1.82) is 0 Å². The summed E-state index contributed by atoms with van der Waals surface area (Å²) < 4.78 is 0. The highest BCUT2D eigenvalue weighted by Gasteiger charge is 2.21. The van der Waals surface area contributed by atoms with Gasteiger partial charge in [-0.15, -0.1) is 0 Å². The molecule has 1 N–H and O–H groups in total. The fraction of sp³-hybridized carbons (Fsp3) is 1.00. The lowest BCUT2D eigenvalue weighted by Gasteiger charge is -2.36. The lowest BCUT2D eigenvalue weighted by Crippen LogP contribution is -2.47. The van der Waals surface area contributed by atoms with Crippen molar-refractivity contribution in [3.63, 3.8) is 0 Å². The van der Waals surface area contributed by atoms with E-state index in [1.807, 2.05) is 0 Å². The van der Waals surface area contributed by atoms with Gasteiger partial charge in [-0.2, -0.15) is 0 Å². The molecule has 0 aromatic carbocycles. The average molecular weight is 213 g/mol. The zero-order valence-corrected chi connectivity index (χ0v) is 10.6. The highest BCUT2D eigenvalue weighted by atomic mass is 15.2. The smallest absolute Gasteiger partial charge is 0.0221 e. The molecule has 1 atom stereocenters. The summed E-state index contributed by atoms with van der Waals surface area (Å²) in [5, 5.41) is 3.48. The minimum Gasteiger partial charge on any atom is -0.315 e. The van der Waals surface area contributed by atoms with E-state index in [2.05, 4.69) is 36.1 Å². The van der Waals surface area contributed by atoms with E-state index >= 15 is 0 Å². The van der Waals surface area contributed by atoms with E-state index in [4.69, 9.17) is 0 Å². The molecular weight excluding hydrogens is 186 g/mol. The number of rotatable bonds is 6. The molecule has 3 nitrogen and oxygen atoms in total. The maximum Gasteiger partial charge on any atom is 0.0221 e. The van der Waals surface area contributed by atoms with Crippen molar-refractivity contribution in [2.24, 2.45) is 0 Å². The van der Waals surface area contributed by atoms with Gasteiger partial charge in [0.2, 0.25) is 0 Å². The SMILES string of the molecule is CCNCC1CCCCN1CCN(C)C. The van der Waals surface area contributed by atoms with E-state index in [-0.39, 0.29) is 0 Å². The first-order valence-corrected chi connectivity index (χ1v) is 6.33. The van der Waals surface area contributed by atoms with Crippen LogP contribution in [0.25, 0.3) is 0 Å². The summed E-state index contributed by atoms with van der Waals surface area (Å²) in [4.78, 5) is 4.94. The van der Waals surface area contributed by atoms with Crippen LogP contribution in [0.1, 0.15) is 26.2 Å². The first kappa shape index (κ1) is 12.9. The molecule has 0 bridgehead atoms. The van der Waals surface area contributed by atoms with Gasteiger partial charge in [0.05, 0.1) is 0 Å². The molecule has 0 aromatic rings. The van der Waals surface area contributed by atoms with Crippen LogP contribution in [-0.4, -0.2) is 62.7 Å². The third kappa shape index (κ3) is 4.96. The van der Waals surface area contributed by atoms with Crippen molar-refractivity contribution in [3.05, 3.63) is 0 Å². The number of piperidine rings is 1. The highest BCUT2D eigenvalue weighted by Crippen LogP contribution is 2.15. The second-order valence-electron chi connectivity index (χ2n) is 4.80. The number of nitrogens with zero attached hydrogens (tertiary/aromatic N) is 2. The number of hydrogen-bond acceptors (Lipinski definition) is 3. The van der Waals surface area contributed by atoms with Gasteiger partial charge in [-0.05, 0) is 40.0 Å². The predicted molar refractivity (Wildman–Crippen MR) is 66.3 cm³/mol. The number of likely N-dealkylation sites (tertiary alicyclic amines) is 1. The minimum atomic E-state index is 0.777. The van der Waals surface area contributed by atoms with E-state index < -0.39 is 0 Å². The van der Waals surface area contributed by atoms with Gasteiger partial charge in [0, 0.05) is 25.7 Å². The highest BCUT2D eigenvalue weighted by molar-refractivity contribution is 4.78. The Morgan fingerprint density at radius 1 is 1.33 bits per heavy atom. The molecule has 0 spiro atoms. The van der Waals surface area contributed by atoms with Gasteiger partial charge in [-0.25, -0.2) is 0 Å². The Bertz CT molecular complexity index is 159. The molecule has 90 valence electrons. The summed E-state index contributed by atoms with van der Waals surface area (Å²) in [6.45, 7) is 8.16. The third-order valence-electron chi connectivity index (χ3n) is 3.21. The van der Waals surface area contributed by atoms with Crippen molar-refractivity contribution in [2.45, 2.75) is 32.2 Å². The molecule has 0 saturated carbocycles. The Balaban J connectivity index is 2.29. The van der Waals surface area contributed by atoms with Crippen molar-refractivity contribution in [2.75, 3.05) is 46.8 Å². The predicted octanol–water partition coefficient (Wildman–Crippen LogP) is 1.01. The van der Waals surface area contributed by atoms with Crippen molar-refractivity contribution < 1.29 is 0 Å². The molecule has 3 heteroatoms. The summed E-state index contributed by atoms with van der Waals surface area (Å²) in [6, 6.07) is 0.777. The Morgan fingerprint density at radius 3 is 2.80 bits per heavy atom. The van der Waals surface area contributed by atoms with Gasteiger partial charge in [-0.3, -0.25) is 4.90 Å². The fourth-order valence-electron chi connectivity index (χ4n) is 2.22. The Morgan fingerprint density at radius 2 is 2.13 bits per heavy atom. The van der Waals surface area contributed by atoms with Crippen LogP contribution >= 0.6 is 0 Å². The fourth-order valence-corrected chi connectivity index (χ4v) is 2.22. The summed E-state index contributed by atoms with van der Waals surface area (Å²) >= 11 is 0. The standard InChI is InChI=1S/C12H27N3/c1-4-13-11-12-7-5-6-8-15(12)10-9-14(2)3/h12-13H,4-11H2,1-3H3. The molecule has 1 heterocycles. The quantitative estimate of drug-likeness (QED) is 0.710. The van der Waals surface area contributed by atoms with E-state index in [1.165, 1.54) is 45.4 Å². The van der Waals surface area contributed by atoms with Crippen molar-refractivity contribution in [3.8, 4) is 0 Å². The van der Waals surface area contributed by atoms with Crippen LogP contribution in [0.5, 0.6) is 0 Å². The van der Waals surface area contributed by atoms with Crippen molar-refractivity contribution in [1.82, 2.24) is 15.1 Å². The normalized spacial score (nSPS) is 23.6. The Hall–Kier alpha value is -0.120. The largest absolute Gasteiger partial charge is 0.315 e. The zero-order valence-electron chi connectivity index (χ0n) is 10.6. The molecule has 0 radical (unpaired) electrons. The molecule has 0 amide bonds. The van der Waals surface area contributed by atoms with Crippen LogP contribution in [-0.2, 0) is 0 Å². The van der Waals surface area contributed by atoms with Gasteiger partial charge >= 0.3 is 0 Å². The van der Waals surface area contributed by atoms with Crippen LogP contribution in [0, 0.1) is 0 Å². The lowest BCUT2D eigenvalue weighted by atomic mass is 10.0. The Kier molecular flexibility index (Phi) is 6.22. The van der Waals surface area contributed by atoms with E-state index in [0.717, 1.165) is 12.6 Å². The molecule has 0 aromatic heterocycles. The van der Waals surface area contributed by atoms with Crippen LogP contribution in [0.2, 0.25) is 0 Å². The molecule has 1 rings (SSSR count). The first-order valence-electron chi connectivity index (χ1n) is 6.33. The second kappa shape index (κ2) is 7.20. The van der Waals surface area contributed by atoms with Gasteiger partial charge in [0.15, 0.2) is 0 Å². The van der Waals surface area contributed by atoms with E-state index in [9.17, 15) is 0 Å². The molecule has 1 aliphatic rings. The molecule has 1 aliphatic heterocycles. The monoisotopic (exact) mass is 213 g/mol. The maximum atomic E-state index is 3.48. The summed E-state index contributed by atoms with van der Waals surface area (Å²) in [6.07, 6.45) is 4.17. The topological polar surface area (TPSA) is 18.5 Å². The number of hydrogen-bond donors (Lipinski definition) is 1. The first-order chi connectivity index (χ1) is 7.24. The minimum absolute atomic E-state index is 0.777. The van der Waals surface area contributed by atoms with Crippen LogP contribution in [0.4, 0.5) is 0 Å². The summed E-state index contributed by atoms with van der Waals surface area (Å²) in [5.74, 6) is 0. The third-order valence-corrected chi connectivity index (χ3v) is 3.21. The average Bonchev–Trinajstić information content (AvgIpc) is 2.24. The summed E-state index contributed by atoms with van der Waals surface area (Å²) in [7, 11) is 4.31. The van der Waals surface area contributed by atoms with Gasteiger partial charge in [-0.1, -0.05) is 13.3 Å². The van der Waals surface area contributed by atoms with Crippen molar-refractivity contribution >= 4 is 0 Å². The van der Waals surface area contributed by atoms with Crippen LogP contribution in [0.15, 0.2) is 0 Å². The summed E-state index contributed by atoms with van der Waals surface area (Å²) in [5.41, 5.74) is 0. The molecule has 1 unspecified atom stereocenters. The lowest BCUT2D eigenvalue weighted by molar-refractivity contribution is 0.134. The van der Waals surface area contributed by atoms with Gasteiger partial charge in [0.1, 0.15) is 0 Å². The number of likely N-dealkylation sites (N-methyl/N-ethyl adjacent to an activating group) is 2. The van der Waals surface area contributed by atoms with Crippen LogP contribution < -0.4 is 5.32 Å². The molecule has 0 aliphatic carbocycles. The van der Waals surface area contributed by atoms with E-state index in [1.54, 1.807) is 0 Å². The Labute approximate surface area is 94.8 Å². The van der Waals surface area contributed by atoms with E-state index in [0.29, 0.717) is 0 Å².